The number of pyridine rings is 1. The molecule has 2 aromatic carbocycles. The van der Waals surface area contributed by atoms with Crippen LogP contribution in [-0.4, -0.2) is 38.5 Å². The first kappa shape index (κ1) is 23.7. The van der Waals surface area contributed by atoms with Gasteiger partial charge < -0.3 is 19.1 Å². The molecule has 0 fully saturated rings. The highest BCUT2D eigenvalue weighted by Gasteiger charge is 2.29. The van der Waals surface area contributed by atoms with Gasteiger partial charge in [0.2, 0.25) is 0 Å². The first-order valence-electron chi connectivity index (χ1n) is 10.5. The average molecular weight is 486 g/mol. The van der Waals surface area contributed by atoms with Crippen molar-refractivity contribution in [3.8, 4) is 22.8 Å². The predicted octanol–water partition coefficient (Wildman–Crippen LogP) is 4.04. The monoisotopic (exact) mass is 485 g/mol. The van der Waals surface area contributed by atoms with Crippen LogP contribution in [0.3, 0.4) is 0 Å². The van der Waals surface area contributed by atoms with Crippen molar-refractivity contribution < 1.29 is 32.5 Å². The van der Waals surface area contributed by atoms with E-state index in [1.807, 2.05) is 6.07 Å². The summed E-state index contributed by atoms with van der Waals surface area (Å²) in [5.74, 6) is -0.647. The summed E-state index contributed by atoms with van der Waals surface area (Å²) in [4.78, 5) is 15.3. The van der Waals surface area contributed by atoms with Crippen LogP contribution in [0.15, 0.2) is 54.7 Å². The maximum atomic E-state index is 13.8. The number of aliphatic carboxylic acids is 1. The molecule has 1 N–H and O–H groups in total. The molecule has 178 valence electrons. The fourth-order valence-corrected chi connectivity index (χ4v) is 4.94. The number of nitrogens with zero attached hydrogens (tertiary/aromatic N) is 2. The summed E-state index contributed by atoms with van der Waals surface area (Å²) < 4.78 is 50.4. The van der Waals surface area contributed by atoms with Gasteiger partial charge in [0.05, 0.1) is 30.7 Å². The van der Waals surface area contributed by atoms with Crippen molar-refractivity contribution >= 4 is 22.9 Å². The highest BCUT2D eigenvalue weighted by Crippen LogP contribution is 2.41. The number of anilines is 1. The lowest BCUT2D eigenvalue weighted by Gasteiger charge is -2.38. The average Bonchev–Trinajstić information content (AvgIpc) is 2.83. The highest BCUT2D eigenvalue weighted by atomic mass is 32.2. The lowest BCUT2D eigenvalue weighted by molar-refractivity contribution is -0.139. The molecule has 3 aromatic rings. The van der Waals surface area contributed by atoms with Crippen molar-refractivity contribution in [1.82, 2.24) is 4.98 Å². The molecule has 0 aliphatic heterocycles. The molecule has 0 amide bonds. The fraction of sp³-hybridized carbons (Fsp3) is 0.250. The summed E-state index contributed by atoms with van der Waals surface area (Å²) in [5, 5.41) is 8.94. The van der Waals surface area contributed by atoms with Gasteiger partial charge in [-0.05, 0) is 66.8 Å². The molecule has 8 nitrogen and oxygen atoms in total. The smallest absolute Gasteiger partial charge is 0.341 e. The Labute approximate surface area is 198 Å². The van der Waals surface area contributed by atoms with Crippen molar-refractivity contribution in [3.05, 3.63) is 71.7 Å². The predicted molar refractivity (Wildman–Crippen MR) is 123 cm³/mol. The zero-order chi connectivity index (χ0) is 24.2. The first-order chi connectivity index (χ1) is 16.4. The second kappa shape index (κ2) is 10.2. The molecule has 4 rings (SSSR count). The molecule has 1 aliphatic rings. The Morgan fingerprint density at radius 1 is 1.26 bits per heavy atom. The Morgan fingerprint density at radius 2 is 2.09 bits per heavy atom. The number of hydrogen-bond acceptors (Lipinski definition) is 6. The Kier molecular flexibility index (Phi) is 7.09. The van der Waals surface area contributed by atoms with E-state index in [0.717, 1.165) is 11.1 Å². The number of methoxy groups -OCH3 is 1. The van der Waals surface area contributed by atoms with E-state index in [2.05, 4.69) is 4.98 Å². The topological polar surface area (TPSA) is 112 Å². The van der Waals surface area contributed by atoms with Gasteiger partial charge in [-0.2, -0.15) is 0 Å². The molecule has 2 atom stereocenters. The van der Waals surface area contributed by atoms with Crippen LogP contribution in [-0.2, 0) is 22.5 Å². The third-order valence-electron chi connectivity index (χ3n) is 5.67. The molecule has 0 saturated heterocycles. The van der Waals surface area contributed by atoms with E-state index in [9.17, 15) is 17.9 Å². The molecule has 0 bridgehead atoms. The molecule has 1 heterocycles. The van der Waals surface area contributed by atoms with Crippen LogP contribution < -0.4 is 13.8 Å². The van der Waals surface area contributed by atoms with Crippen LogP contribution >= 0.6 is 0 Å². The van der Waals surface area contributed by atoms with Gasteiger partial charge in [0.1, 0.15) is 17.3 Å². The van der Waals surface area contributed by atoms with E-state index in [0.29, 0.717) is 47.7 Å². The SMILES string of the molecule is COc1ccc(F)cc1-c1ccc(N(C2CCCc3c(OCC(=O)O)cccc32)S(=O)[O-])cn1. The second-order valence-corrected chi connectivity index (χ2v) is 8.53. The third kappa shape index (κ3) is 4.87. The summed E-state index contributed by atoms with van der Waals surface area (Å²) in [6.45, 7) is -0.479. The number of carbonyl (C=O) groups is 1. The number of benzene rings is 2. The number of halogens is 1. The summed E-state index contributed by atoms with van der Waals surface area (Å²) in [6, 6.07) is 12.0. The van der Waals surface area contributed by atoms with Gasteiger partial charge >= 0.3 is 5.97 Å². The zero-order valence-corrected chi connectivity index (χ0v) is 19.1. The molecule has 1 aromatic heterocycles. The van der Waals surface area contributed by atoms with Gasteiger partial charge in [-0.15, -0.1) is 0 Å². The highest BCUT2D eigenvalue weighted by molar-refractivity contribution is 7.80. The maximum Gasteiger partial charge on any atom is 0.341 e. The Bertz CT molecular complexity index is 1220. The Balaban J connectivity index is 1.68. The number of carboxylic acids is 1. The first-order valence-corrected chi connectivity index (χ1v) is 11.6. The number of fused-ring (bicyclic) bond motifs is 1. The second-order valence-electron chi connectivity index (χ2n) is 7.70. The molecule has 0 radical (unpaired) electrons. The zero-order valence-electron chi connectivity index (χ0n) is 18.3. The third-order valence-corrected chi connectivity index (χ3v) is 6.45. The van der Waals surface area contributed by atoms with Gasteiger partial charge in [0, 0.05) is 16.8 Å². The molecule has 10 heteroatoms. The van der Waals surface area contributed by atoms with Crippen LogP contribution in [0.4, 0.5) is 10.1 Å². The Morgan fingerprint density at radius 3 is 2.76 bits per heavy atom. The van der Waals surface area contributed by atoms with Crippen LogP contribution in [0.25, 0.3) is 11.3 Å². The molecule has 1 aliphatic carbocycles. The number of carboxylic acid groups (broad SMARTS) is 1. The quantitative estimate of drug-likeness (QED) is 0.479. The van der Waals surface area contributed by atoms with Gasteiger partial charge in [0.25, 0.3) is 0 Å². The fourth-order valence-electron chi connectivity index (χ4n) is 4.23. The van der Waals surface area contributed by atoms with Gasteiger partial charge in [0.15, 0.2) is 6.61 Å². The Hall–Kier alpha value is -3.50. The van der Waals surface area contributed by atoms with Crippen LogP contribution in [0.2, 0.25) is 0 Å². The van der Waals surface area contributed by atoms with E-state index in [4.69, 9.17) is 14.6 Å². The lowest BCUT2D eigenvalue weighted by Crippen LogP contribution is -2.33. The minimum Gasteiger partial charge on any atom is -0.755 e. The molecule has 34 heavy (non-hydrogen) atoms. The summed E-state index contributed by atoms with van der Waals surface area (Å²) in [5.41, 5.74) is 2.79. The molecular formula is C24H22FN2O6S-. The lowest BCUT2D eigenvalue weighted by atomic mass is 9.87. The van der Waals surface area contributed by atoms with Gasteiger partial charge in [-0.25, -0.2) is 9.18 Å². The molecule has 0 saturated carbocycles. The maximum absolute atomic E-state index is 13.8. The van der Waals surface area contributed by atoms with Gasteiger partial charge in [-0.3, -0.25) is 13.5 Å². The normalized spacial score (nSPS) is 15.8. The van der Waals surface area contributed by atoms with Gasteiger partial charge in [-0.1, -0.05) is 12.1 Å². The summed E-state index contributed by atoms with van der Waals surface area (Å²) >= 11 is -2.61. The minimum absolute atomic E-state index is 0.349. The standard InChI is InChI=1S/C24H23FN2O6S/c1-32-22-11-8-15(25)12-19(22)20-10-9-16(13-26-20)27(34(30)31)21-6-2-5-18-17(21)4-3-7-23(18)33-14-24(28)29/h3-4,7-13,21H,2,5-6,14H2,1H3,(H,28,29)(H,30,31)/p-1. The minimum atomic E-state index is -2.61. The number of aromatic nitrogens is 1. The summed E-state index contributed by atoms with van der Waals surface area (Å²) in [7, 11) is 1.47. The number of rotatable bonds is 8. The molecule has 0 spiro atoms. The van der Waals surface area contributed by atoms with Crippen LogP contribution in [0, 0.1) is 5.82 Å². The van der Waals surface area contributed by atoms with Crippen molar-refractivity contribution in [3.63, 3.8) is 0 Å². The van der Waals surface area contributed by atoms with E-state index < -0.39 is 35.7 Å². The largest absolute Gasteiger partial charge is 0.755 e. The van der Waals surface area contributed by atoms with Crippen LogP contribution in [0.5, 0.6) is 11.5 Å². The molecular weight excluding hydrogens is 463 g/mol. The van der Waals surface area contributed by atoms with E-state index in [1.165, 1.54) is 35.8 Å². The van der Waals surface area contributed by atoms with Crippen molar-refractivity contribution in [2.75, 3.05) is 18.0 Å². The van der Waals surface area contributed by atoms with Crippen LogP contribution in [0.1, 0.15) is 30.0 Å². The summed E-state index contributed by atoms with van der Waals surface area (Å²) in [6.07, 6.45) is 3.35. The number of hydrogen-bond donors (Lipinski definition) is 1. The van der Waals surface area contributed by atoms with Crippen molar-refractivity contribution in [2.45, 2.75) is 25.3 Å². The van der Waals surface area contributed by atoms with Crippen molar-refractivity contribution in [1.29, 1.82) is 0 Å². The number of ether oxygens (including phenoxy) is 2. The van der Waals surface area contributed by atoms with E-state index in [-0.39, 0.29) is 0 Å². The van der Waals surface area contributed by atoms with E-state index >= 15 is 0 Å². The molecule has 2 unspecified atom stereocenters. The van der Waals surface area contributed by atoms with E-state index in [1.54, 1.807) is 24.3 Å². The van der Waals surface area contributed by atoms with Crippen molar-refractivity contribution in [2.24, 2.45) is 0 Å².